The highest BCUT2D eigenvalue weighted by atomic mass is 19.1. The number of anilines is 1. The van der Waals surface area contributed by atoms with Gasteiger partial charge in [-0.3, -0.25) is 0 Å². The van der Waals surface area contributed by atoms with E-state index in [4.69, 9.17) is 4.74 Å². The van der Waals surface area contributed by atoms with Gasteiger partial charge in [-0.05, 0) is 41.8 Å². The smallest absolute Gasteiger partial charge is 0.222 e. The van der Waals surface area contributed by atoms with Crippen LogP contribution in [0, 0.1) is 5.82 Å². The van der Waals surface area contributed by atoms with Gasteiger partial charge in [0.2, 0.25) is 5.95 Å². The molecule has 1 aliphatic heterocycles. The molecule has 0 amide bonds. The fourth-order valence-corrected chi connectivity index (χ4v) is 3.16. The van der Waals surface area contributed by atoms with Crippen LogP contribution in [0.25, 0.3) is 0 Å². The molecule has 2 aromatic carbocycles. The van der Waals surface area contributed by atoms with Crippen LogP contribution in [0.1, 0.15) is 29.6 Å². The quantitative estimate of drug-likeness (QED) is 0.800. The van der Waals surface area contributed by atoms with E-state index in [9.17, 15) is 4.39 Å². The summed E-state index contributed by atoms with van der Waals surface area (Å²) in [7, 11) is 1.66. The largest absolute Gasteiger partial charge is 0.497 e. The summed E-state index contributed by atoms with van der Waals surface area (Å²) in [5.74, 6) is 1.29. The van der Waals surface area contributed by atoms with Crippen molar-refractivity contribution in [1.82, 2.24) is 14.8 Å². The number of methoxy groups -OCH3 is 1. The van der Waals surface area contributed by atoms with E-state index in [-0.39, 0.29) is 17.9 Å². The second-order valence-corrected chi connectivity index (χ2v) is 5.80. The third kappa shape index (κ3) is 2.60. The lowest BCUT2D eigenvalue weighted by Crippen LogP contribution is -2.28. The van der Waals surface area contributed by atoms with Crippen molar-refractivity contribution < 1.29 is 9.13 Å². The molecule has 3 aromatic rings. The van der Waals surface area contributed by atoms with Crippen LogP contribution in [0.5, 0.6) is 5.75 Å². The normalized spacial score (nSPS) is 19.4. The zero-order valence-corrected chi connectivity index (χ0v) is 13.2. The monoisotopic (exact) mass is 324 g/mol. The van der Waals surface area contributed by atoms with Gasteiger partial charge in [-0.15, -0.1) is 0 Å². The molecule has 1 aliphatic rings. The zero-order valence-electron chi connectivity index (χ0n) is 13.2. The molecule has 24 heavy (non-hydrogen) atoms. The van der Waals surface area contributed by atoms with Crippen molar-refractivity contribution >= 4 is 5.95 Å². The van der Waals surface area contributed by atoms with Crippen molar-refractivity contribution in [1.29, 1.82) is 0 Å². The summed E-state index contributed by atoms with van der Waals surface area (Å²) in [6, 6.07) is 14.6. The molecule has 122 valence electrons. The summed E-state index contributed by atoms with van der Waals surface area (Å²) in [5.41, 5.74) is 2.13. The van der Waals surface area contributed by atoms with Crippen LogP contribution in [0.4, 0.5) is 10.3 Å². The van der Waals surface area contributed by atoms with E-state index in [0.29, 0.717) is 5.95 Å². The highest BCUT2D eigenvalue weighted by molar-refractivity contribution is 5.40. The average Bonchev–Trinajstić information content (AvgIpc) is 3.10. The van der Waals surface area contributed by atoms with Crippen LogP contribution >= 0.6 is 0 Å². The van der Waals surface area contributed by atoms with Gasteiger partial charge in [0.25, 0.3) is 0 Å². The second kappa shape index (κ2) is 5.96. The molecular weight excluding hydrogens is 307 g/mol. The highest BCUT2D eigenvalue weighted by Crippen LogP contribution is 2.37. The SMILES string of the molecule is COc1cccc([C@H]2C[C@@H](c3ccc(F)cc3)n3ncnc3N2)c1. The highest BCUT2D eigenvalue weighted by Gasteiger charge is 2.30. The minimum atomic E-state index is -0.240. The van der Waals surface area contributed by atoms with E-state index in [1.165, 1.54) is 18.5 Å². The van der Waals surface area contributed by atoms with Gasteiger partial charge >= 0.3 is 0 Å². The molecule has 0 spiro atoms. The van der Waals surface area contributed by atoms with E-state index in [2.05, 4.69) is 21.5 Å². The Hall–Kier alpha value is -2.89. The summed E-state index contributed by atoms with van der Waals surface area (Å²) in [4.78, 5) is 4.30. The minimum absolute atomic E-state index is 0.000510. The Balaban J connectivity index is 1.71. The predicted molar refractivity (Wildman–Crippen MR) is 88.5 cm³/mol. The predicted octanol–water partition coefficient (Wildman–Crippen LogP) is 3.57. The Morgan fingerprint density at radius 3 is 2.79 bits per heavy atom. The Morgan fingerprint density at radius 2 is 2.00 bits per heavy atom. The molecule has 0 unspecified atom stereocenters. The summed E-state index contributed by atoms with van der Waals surface area (Å²) < 4.78 is 20.4. The molecule has 4 rings (SSSR count). The van der Waals surface area contributed by atoms with Crippen molar-refractivity contribution in [3.8, 4) is 5.75 Å². The Labute approximate surface area is 139 Å². The molecular formula is C18H17FN4O. The molecule has 6 heteroatoms. The molecule has 0 saturated carbocycles. The molecule has 2 heterocycles. The van der Waals surface area contributed by atoms with Crippen LogP contribution in [-0.2, 0) is 0 Å². The number of hydrogen-bond donors (Lipinski definition) is 1. The second-order valence-electron chi connectivity index (χ2n) is 5.80. The number of nitrogens with zero attached hydrogens (tertiary/aromatic N) is 3. The molecule has 2 atom stereocenters. The van der Waals surface area contributed by atoms with Gasteiger partial charge in [0.05, 0.1) is 19.2 Å². The molecule has 0 fully saturated rings. The number of rotatable bonds is 3. The molecule has 0 radical (unpaired) electrons. The molecule has 0 bridgehead atoms. The number of benzene rings is 2. The van der Waals surface area contributed by atoms with E-state index >= 15 is 0 Å². The minimum Gasteiger partial charge on any atom is -0.497 e. The van der Waals surface area contributed by atoms with Gasteiger partial charge in [-0.1, -0.05) is 24.3 Å². The summed E-state index contributed by atoms with van der Waals surface area (Å²) in [5, 5.41) is 7.74. The van der Waals surface area contributed by atoms with Crippen LogP contribution in [0.2, 0.25) is 0 Å². The number of hydrogen-bond acceptors (Lipinski definition) is 4. The Kier molecular flexibility index (Phi) is 3.65. The fraction of sp³-hybridized carbons (Fsp3) is 0.222. The number of ether oxygens (including phenoxy) is 1. The lowest BCUT2D eigenvalue weighted by atomic mass is 9.93. The summed E-state index contributed by atoms with van der Waals surface area (Å²) in [6.07, 6.45) is 2.32. The molecule has 5 nitrogen and oxygen atoms in total. The first kappa shape index (κ1) is 14.7. The molecule has 0 saturated heterocycles. The topological polar surface area (TPSA) is 52.0 Å². The van der Waals surface area contributed by atoms with Gasteiger partial charge in [0, 0.05) is 0 Å². The van der Waals surface area contributed by atoms with E-state index in [1.54, 1.807) is 19.2 Å². The van der Waals surface area contributed by atoms with Crippen LogP contribution in [0.3, 0.4) is 0 Å². The summed E-state index contributed by atoms with van der Waals surface area (Å²) in [6.45, 7) is 0. The van der Waals surface area contributed by atoms with Gasteiger partial charge in [0.15, 0.2) is 0 Å². The van der Waals surface area contributed by atoms with E-state index in [0.717, 1.165) is 23.3 Å². The van der Waals surface area contributed by atoms with Crippen LogP contribution in [-0.4, -0.2) is 21.9 Å². The first-order valence-corrected chi connectivity index (χ1v) is 7.80. The first-order valence-electron chi connectivity index (χ1n) is 7.80. The maximum Gasteiger partial charge on any atom is 0.222 e. The maximum absolute atomic E-state index is 13.3. The van der Waals surface area contributed by atoms with Crippen molar-refractivity contribution in [2.24, 2.45) is 0 Å². The molecule has 1 aromatic heterocycles. The van der Waals surface area contributed by atoms with Gasteiger partial charge in [0.1, 0.15) is 17.9 Å². The van der Waals surface area contributed by atoms with Crippen molar-refractivity contribution in [2.75, 3.05) is 12.4 Å². The van der Waals surface area contributed by atoms with E-state index in [1.807, 2.05) is 22.9 Å². The molecule has 1 N–H and O–H groups in total. The third-order valence-corrected chi connectivity index (χ3v) is 4.38. The Bertz CT molecular complexity index is 846. The standard InChI is InChI=1S/C18H17FN4O/c1-24-15-4-2-3-13(9-15)16-10-17(12-5-7-14(19)8-6-12)23-18(22-16)20-11-21-23/h2-9,11,16-17H,10H2,1H3,(H,20,21,22)/t16-,17+/m1/s1. The van der Waals surface area contributed by atoms with E-state index < -0.39 is 0 Å². The lowest BCUT2D eigenvalue weighted by Gasteiger charge is -2.32. The Morgan fingerprint density at radius 1 is 1.17 bits per heavy atom. The van der Waals surface area contributed by atoms with Crippen LogP contribution < -0.4 is 10.1 Å². The average molecular weight is 324 g/mol. The first-order chi connectivity index (χ1) is 11.7. The lowest BCUT2D eigenvalue weighted by molar-refractivity contribution is 0.410. The van der Waals surface area contributed by atoms with Gasteiger partial charge in [-0.25, -0.2) is 9.07 Å². The number of aromatic nitrogens is 3. The third-order valence-electron chi connectivity index (χ3n) is 4.38. The maximum atomic E-state index is 13.3. The van der Waals surface area contributed by atoms with Crippen molar-refractivity contribution in [2.45, 2.75) is 18.5 Å². The summed E-state index contributed by atoms with van der Waals surface area (Å²) >= 11 is 0. The zero-order chi connectivity index (χ0) is 16.5. The van der Waals surface area contributed by atoms with Crippen molar-refractivity contribution in [3.63, 3.8) is 0 Å². The van der Waals surface area contributed by atoms with Crippen LogP contribution in [0.15, 0.2) is 54.9 Å². The van der Waals surface area contributed by atoms with Crippen molar-refractivity contribution in [3.05, 3.63) is 71.8 Å². The fourth-order valence-electron chi connectivity index (χ4n) is 3.16. The number of halogens is 1. The number of fused-ring (bicyclic) bond motifs is 1. The van der Waals surface area contributed by atoms with Gasteiger partial charge < -0.3 is 10.1 Å². The molecule has 0 aliphatic carbocycles. The van der Waals surface area contributed by atoms with Gasteiger partial charge in [-0.2, -0.15) is 10.1 Å². The number of nitrogens with one attached hydrogen (secondary N) is 1.